The summed E-state index contributed by atoms with van der Waals surface area (Å²) in [5.41, 5.74) is -0.447. The molecule has 0 spiro atoms. The van der Waals surface area contributed by atoms with Crippen molar-refractivity contribution >= 4 is 34.4 Å². The lowest BCUT2D eigenvalue weighted by molar-refractivity contribution is 0.0122. The molecule has 0 aliphatic carbocycles. The summed E-state index contributed by atoms with van der Waals surface area (Å²) in [6.45, 7) is 9.41. The van der Waals surface area contributed by atoms with Gasteiger partial charge in [0.25, 0.3) is 0 Å². The number of pyridine rings is 1. The Morgan fingerprint density at radius 3 is 2.58 bits per heavy atom. The minimum absolute atomic E-state index is 0.00329. The molecule has 0 N–H and O–H groups in total. The third-order valence-corrected chi connectivity index (χ3v) is 8.78. The number of hydrogen-bond donors (Lipinski definition) is 0. The molecule has 3 unspecified atom stereocenters. The predicted molar refractivity (Wildman–Crippen MR) is 142 cm³/mol. The number of rotatable bonds is 4. The second-order valence-corrected chi connectivity index (χ2v) is 12.6. The second kappa shape index (κ2) is 9.62. The molecular weight excluding hydrogens is 511 g/mol. The van der Waals surface area contributed by atoms with E-state index in [1.165, 1.54) is 19.0 Å². The maximum atomic E-state index is 15.2. The van der Waals surface area contributed by atoms with Crippen LogP contribution in [0.5, 0.6) is 6.01 Å². The molecule has 206 valence electrons. The molecule has 0 radical (unpaired) electrons. The van der Waals surface area contributed by atoms with Gasteiger partial charge >= 0.3 is 12.1 Å². The van der Waals surface area contributed by atoms with E-state index < -0.39 is 11.4 Å². The number of ether oxygens (including phenoxy) is 2. The number of piperidine rings is 1. The van der Waals surface area contributed by atoms with Crippen molar-refractivity contribution in [3.05, 3.63) is 17.2 Å². The summed E-state index contributed by atoms with van der Waals surface area (Å²) >= 11 is 6.05. The second-order valence-electron chi connectivity index (χ2n) is 12.2. The molecule has 11 heteroatoms. The number of fused-ring (bicyclic) bond motifs is 4. The van der Waals surface area contributed by atoms with E-state index in [0.717, 1.165) is 45.2 Å². The van der Waals surface area contributed by atoms with Crippen LogP contribution in [0.1, 0.15) is 65.7 Å². The molecule has 6 heterocycles. The van der Waals surface area contributed by atoms with Crippen molar-refractivity contribution in [1.29, 1.82) is 0 Å². The molecule has 2 bridgehead atoms. The Morgan fingerprint density at radius 2 is 1.84 bits per heavy atom. The molecule has 4 aliphatic heterocycles. The number of nitrogens with zero attached hydrogens (tertiary/aromatic N) is 6. The number of halogens is 2. The van der Waals surface area contributed by atoms with Gasteiger partial charge in [0.2, 0.25) is 0 Å². The monoisotopic (exact) mass is 546 g/mol. The SMILES string of the molecule is CC(C)(C)OC(=O)N1C2CCC1CN(c1nc(OCC34CCCCN3CCC4)nc3c(F)c(Cl)ncc13)C2. The van der Waals surface area contributed by atoms with Crippen LogP contribution in [0.15, 0.2) is 6.20 Å². The van der Waals surface area contributed by atoms with Crippen LogP contribution in [-0.2, 0) is 4.74 Å². The van der Waals surface area contributed by atoms with Gasteiger partial charge in [-0.25, -0.2) is 14.2 Å². The number of hydrogen-bond acceptors (Lipinski definition) is 8. The van der Waals surface area contributed by atoms with Crippen molar-refractivity contribution in [3.63, 3.8) is 0 Å². The highest BCUT2D eigenvalue weighted by atomic mass is 35.5. The first-order valence-electron chi connectivity index (χ1n) is 13.8. The smallest absolute Gasteiger partial charge is 0.410 e. The number of aromatic nitrogens is 3. The van der Waals surface area contributed by atoms with E-state index in [0.29, 0.717) is 30.9 Å². The standard InChI is InChI=1S/C27H36ClFN6O3/c1-26(2,3)38-25(36)35-17-7-8-18(35)15-33(14-17)23-19-13-30-22(28)20(29)21(19)31-24(32-23)37-16-27-9-4-5-11-34(27)12-6-10-27/h13,17-18H,4-12,14-16H2,1-3H3. The van der Waals surface area contributed by atoms with Crippen molar-refractivity contribution in [2.75, 3.05) is 37.7 Å². The molecule has 4 fully saturated rings. The van der Waals surface area contributed by atoms with Gasteiger partial charge in [-0.15, -0.1) is 0 Å². The van der Waals surface area contributed by atoms with E-state index in [4.69, 9.17) is 26.1 Å². The van der Waals surface area contributed by atoms with Crippen molar-refractivity contribution in [2.45, 2.75) is 88.9 Å². The molecule has 4 saturated heterocycles. The van der Waals surface area contributed by atoms with Gasteiger partial charge in [0.15, 0.2) is 11.0 Å². The fourth-order valence-electron chi connectivity index (χ4n) is 6.81. The maximum Gasteiger partial charge on any atom is 0.410 e. The van der Waals surface area contributed by atoms with Crippen molar-refractivity contribution in [2.24, 2.45) is 0 Å². The van der Waals surface area contributed by atoms with Gasteiger partial charge in [-0.05, 0) is 72.4 Å². The Morgan fingerprint density at radius 1 is 1.13 bits per heavy atom. The van der Waals surface area contributed by atoms with Crippen LogP contribution in [-0.4, -0.2) is 86.9 Å². The quantitative estimate of drug-likeness (QED) is 0.506. The van der Waals surface area contributed by atoms with Gasteiger partial charge in [0.1, 0.15) is 23.5 Å². The summed E-state index contributed by atoms with van der Waals surface area (Å²) in [6.07, 6.45) is 8.74. The topological polar surface area (TPSA) is 83.9 Å². The Bertz CT molecular complexity index is 1230. The zero-order chi connectivity index (χ0) is 26.7. The number of carbonyl (C=O) groups is 1. The first kappa shape index (κ1) is 25.8. The largest absolute Gasteiger partial charge is 0.461 e. The van der Waals surface area contributed by atoms with Crippen molar-refractivity contribution in [3.8, 4) is 6.01 Å². The number of piperazine rings is 1. The minimum Gasteiger partial charge on any atom is -0.461 e. The summed E-state index contributed by atoms with van der Waals surface area (Å²) < 4.78 is 27.1. The van der Waals surface area contributed by atoms with Crippen LogP contribution in [0.25, 0.3) is 10.9 Å². The fraction of sp³-hybridized carbons (Fsp3) is 0.704. The van der Waals surface area contributed by atoms with Crippen LogP contribution in [0.3, 0.4) is 0 Å². The number of carbonyl (C=O) groups excluding carboxylic acids is 1. The maximum absolute atomic E-state index is 15.2. The molecule has 4 aliphatic rings. The van der Waals surface area contributed by atoms with Crippen LogP contribution < -0.4 is 9.64 Å². The first-order chi connectivity index (χ1) is 18.1. The van der Waals surface area contributed by atoms with E-state index in [2.05, 4.69) is 19.8 Å². The van der Waals surface area contributed by atoms with E-state index in [9.17, 15) is 4.79 Å². The fourth-order valence-corrected chi connectivity index (χ4v) is 6.95. The average Bonchev–Trinajstić information content (AvgIpc) is 3.42. The Balaban J connectivity index is 1.29. The molecular formula is C27H36ClFN6O3. The van der Waals surface area contributed by atoms with Crippen LogP contribution in [0.4, 0.5) is 15.0 Å². The van der Waals surface area contributed by atoms with Gasteiger partial charge in [-0.2, -0.15) is 9.97 Å². The van der Waals surface area contributed by atoms with E-state index in [1.807, 2.05) is 25.7 Å². The van der Waals surface area contributed by atoms with Gasteiger partial charge in [0, 0.05) is 19.3 Å². The van der Waals surface area contributed by atoms with E-state index in [-0.39, 0.29) is 40.4 Å². The van der Waals surface area contributed by atoms with Gasteiger partial charge in [0.05, 0.1) is 23.0 Å². The van der Waals surface area contributed by atoms with Gasteiger partial charge < -0.3 is 14.4 Å². The Kier molecular flexibility index (Phi) is 6.53. The minimum atomic E-state index is -0.675. The molecule has 0 aromatic carbocycles. The van der Waals surface area contributed by atoms with Gasteiger partial charge in [-0.1, -0.05) is 18.0 Å². The predicted octanol–water partition coefficient (Wildman–Crippen LogP) is 4.80. The van der Waals surface area contributed by atoms with Crippen molar-refractivity contribution in [1.82, 2.24) is 24.8 Å². The zero-order valence-corrected chi connectivity index (χ0v) is 23.1. The molecule has 9 nitrogen and oxygen atoms in total. The summed E-state index contributed by atoms with van der Waals surface area (Å²) in [7, 11) is 0. The van der Waals surface area contributed by atoms with Crippen LogP contribution in [0, 0.1) is 5.82 Å². The van der Waals surface area contributed by atoms with Crippen LogP contribution >= 0.6 is 11.6 Å². The summed E-state index contributed by atoms with van der Waals surface area (Å²) in [5.74, 6) is -0.107. The van der Waals surface area contributed by atoms with E-state index in [1.54, 1.807) is 0 Å². The summed E-state index contributed by atoms with van der Waals surface area (Å²) in [4.78, 5) is 32.8. The lowest BCUT2D eigenvalue weighted by Crippen LogP contribution is -2.57. The third kappa shape index (κ3) is 4.63. The highest BCUT2D eigenvalue weighted by Crippen LogP contribution is 2.39. The number of amides is 1. The summed E-state index contributed by atoms with van der Waals surface area (Å²) in [5, 5.41) is 0.262. The third-order valence-electron chi connectivity index (χ3n) is 8.52. The van der Waals surface area contributed by atoms with Crippen LogP contribution in [0.2, 0.25) is 5.15 Å². The molecule has 3 atom stereocenters. The zero-order valence-electron chi connectivity index (χ0n) is 22.4. The first-order valence-corrected chi connectivity index (χ1v) is 14.2. The molecule has 1 amide bonds. The lowest BCUT2D eigenvalue weighted by Gasteiger charge is -2.42. The van der Waals surface area contributed by atoms with E-state index >= 15 is 4.39 Å². The summed E-state index contributed by atoms with van der Waals surface area (Å²) in [6, 6.07) is 0.120. The normalized spacial score (nSPS) is 27.6. The lowest BCUT2D eigenvalue weighted by atomic mass is 9.87. The molecule has 38 heavy (non-hydrogen) atoms. The highest BCUT2D eigenvalue weighted by molar-refractivity contribution is 6.30. The average molecular weight is 547 g/mol. The number of anilines is 1. The highest BCUT2D eigenvalue weighted by Gasteiger charge is 2.46. The molecule has 0 saturated carbocycles. The Labute approximate surface area is 227 Å². The molecule has 6 rings (SSSR count). The van der Waals surface area contributed by atoms with Gasteiger partial charge in [-0.3, -0.25) is 9.80 Å². The van der Waals surface area contributed by atoms with Crippen molar-refractivity contribution < 1.29 is 18.7 Å². The molecule has 2 aromatic heterocycles. The molecule has 2 aromatic rings. The Hall–Kier alpha value is -2.46.